The SMILES string of the molecule is CC(CO)CN1C=C2C(N)=Nc3cc(-c4cc[nH]n4)ccc3C2N1C. The molecule has 2 unspecified atom stereocenters. The van der Waals surface area contributed by atoms with Crippen molar-refractivity contribution in [2.75, 3.05) is 20.2 Å². The number of aliphatic imine (C=N–C) groups is 1. The molecule has 0 spiro atoms. The molecule has 2 aromatic rings. The van der Waals surface area contributed by atoms with Crippen LogP contribution in [0, 0.1) is 5.92 Å². The molecular formula is C18H22N6O. The van der Waals surface area contributed by atoms with Crippen molar-refractivity contribution in [1.82, 2.24) is 20.2 Å². The standard InChI is InChI=1S/C18H22N6O/c1-11(10-25)8-24-9-14-17(23(24)2)13-4-3-12(15-5-6-20-22-15)7-16(13)21-18(14)19/h3-7,9,11,17,25H,8,10H2,1-2H3,(H2,19,21)(H,20,22). The summed E-state index contributed by atoms with van der Waals surface area (Å²) in [6.07, 6.45) is 3.85. The molecule has 0 bridgehead atoms. The second-order valence-electron chi connectivity index (χ2n) is 6.70. The van der Waals surface area contributed by atoms with Crippen LogP contribution in [0.4, 0.5) is 5.69 Å². The Morgan fingerprint density at radius 3 is 2.92 bits per heavy atom. The molecule has 2 aliphatic heterocycles. The van der Waals surface area contributed by atoms with Gasteiger partial charge in [0.1, 0.15) is 5.84 Å². The number of hydrogen-bond donors (Lipinski definition) is 3. The van der Waals surface area contributed by atoms with Crippen molar-refractivity contribution in [1.29, 1.82) is 0 Å². The predicted molar refractivity (Wildman–Crippen MR) is 96.8 cm³/mol. The molecule has 130 valence electrons. The number of amidine groups is 1. The number of aliphatic hydroxyl groups excluding tert-OH is 1. The van der Waals surface area contributed by atoms with Gasteiger partial charge in [-0.15, -0.1) is 0 Å². The zero-order valence-electron chi connectivity index (χ0n) is 14.3. The molecule has 7 nitrogen and oxygen atoms in total. The number of nitrogens with one attached hydrogen (secondary N) is 1. The number of aromatic nitrogens is 2. The lowest BCUT2D eigenvalue weighted by atomic mass is 9.93. The highest BCUT2D eigenvalue weighted by atomic mass is 16.3. The summed E-state index contributed by atoms with van der Waals surface area (Å²) in [6.45, 7) is 2.92. The number of H-pyrrole nitrogens is 1. The molecule has 0 aliphatic carbocycles. The second kappa shape index (κ2) is 6.02. The minimum Gasteiger partial charge on any atom is -0.396 e. The maximum Gasteiger partial charge on any atom is 0.130 e. The molecule has 2 atom stereocenters. The third-order valence-corrected chi connectivity index (χ3v) is 4.83. The Morgan fingerprint density at radius 1 is 1.36 bits per heavy atom. The third kappa shape index (κ3) is 2.61. The first-order chi connectivity index (χ1) is 12.1. The fourth-order valence-electron chi connectivity index (χ4n) is 3.45. The van der Waals surface area contributed by atoms with E-state index in [1.54, 1.807) is 6.20 Å². The maximum atomic E-state index is 9.35. The van der Waals surface area contributed by atoms with E-state index in [4.69, 9.17) is 5.73 Å². The number of fused-ring (bicyclic) bond motifs is 3. The van der Waals surface area contributed by atoms with Crippen LogP contribution in [0.5, 0.6) is 0 Å². The summed E-state index contributed by atoms with van der Waals surface area (Å²) in [5.74, 6) is 0.724. The average molecular weight is 338 g/mol. The van der Waals surface area contributed by atoms with Crippen LogP contribution in [-0.2, 0) is 0 Å². The number of benzene rings is 1. The highest BCUT2D eigenvalue weighted by molar-refractivity contribution is 6.02. The number of aromatic amines is 1. The lowest BCUT2D eigenvalue weighted by molar-refractivity contribution is 0.0245. The Morgan fingerprint density at radius 2 is 2.20 bits per heavy atom. The van der Waals surface area contributed by atoms with Crippen molar-refractivity contribution in [3.63, 3.8) is 0 Å². The van der Waals surface area contributed by atoms with E-state index in [2.05, 4.69) is 37.3 Å². The highest BCUT2D eigenvalue weighted by Gasteiger charge is 2.37. The van der Waals surface area contributed by atoms with Gasteiger partial charge >= 0.3 is 0 Å². The van der Waals surface area contributed by atoms with Gasteiger partial charge in [-0.25, -0.2) is 10.0 Å². The first kappa shape index (κ1) is 15.9. The topological polar surface area (TPSA) is 93.8 Å². The zero-order valence-corrected chi connectivity index (χ0v) is 14.3. The van der Waals surface area contributed by atoms with E-state index in [1.165, 1.54) is 0 Å². The molecule has 25 heavy (non-hydrogen) atoms. The Hall–Kier alpha value is -2.64. The van der Waals surface area contributed by atoms with Gasteiger partial charge in [0.25, 0.3) is 0 Å². The van der Waals surface area contributed by atoms with Crippen LogP contribution in [0.15, 0.2) is 47.2 Å². The Bertz CT molecular complexity index is 841. The first-order valence-corrected chi connectivity index (χ1v) is 8.39. The molecule has 1 aromatic heterocycles. The number of nitrogens with zero attached hydrogens (tertiary/aromatic N) is 4. The molecule has 0 radical (unpaired) electrons. The van der Waals surface area contributed by atoms with Crippen LogP contribution in [0.2, 0.25) is 0 Å². The second-order valence-corrected chi connectivity index (χ2v) is 6.70. The summed E-state index contributed by atoms with van der Waals surface area (Å²) in [6, 6.07) is 8.18. The largest absolute Gasteiger partial charge is 0.396 e. The van der Waals surface area contributed by atoms with E-state index in [9.17, 15) is 5.11 Å². The van der Waals surface area contributed by atoms with E-state index in [0.717, 1.165) is 34.6 Å². The summed E-state index contributed by atoms with van der Waals surface area (Å²) in [4.78, 5) is 4.61. The summed E-state index contributed by atoms with van der Waals surface area (Å²) >= 11 is 0. The fourth-order valence-corrected chi connectivity index (χ4v) is 3.45. The van der Waals surface area contributed by atoms with Crippen molar-refractivity contribution in [2.24, 2.45) is 16.6 Å². The zero-order chi connectivity index (χ0) is 17.6. The van der Waals surface area contributed by atoms with Gasteiger partial charge in [0.15, 0.2) is 0 Å². The van der Waals surface area contributed by atoms with E-state index in [0.29, 0.717) is 5.84 Å². The van der Waals surface area contributed by atoms with Gasteiger partial charge in [0.05, 0.1) is 17.4 Å². The predicted octanol–water partition coefficient (Wildman–Crippen LogP) is 1.79. The Labute approximate surface area is 146 Å². The van der Waals surface area contributed by atoms with Crippen molar-refractivity contribution < 1.29 is 5.11 Å². The van der Waals surface area contributed by atoms with Crippen LogP contribution in [0.3, 0.4) is 0 Å². The molecule has 0 amide bonds. The quantitative estimate of drug-likeness (QED) is 0.790. The summed E-state index contributed by atoms with van der Waals surface area (Å²) in [5.41, 5.74) is 11.2. The number of hydrogen-bond acceptors (Lipinski definition) is 6. The number of aliphatic hydroxyl groups is 1. The Kier molecular flexibility index (Phi) is 3.82. The van der Waals surface area contributed by atoms with Gasteiger partial charge < -0.3 is 15.8 Å². The molecule has 2 aliphatic rings. The average Bonchev–Trinajstić information content (AvgIpc) is 3.24. The number of likely N-dealkylation sites (N-methyl/N-ethyl adjacent to an activating group) is 1. The van der Waals surface area contributed by atoms with Crippen molar-refractivity contribution in [2.45, 2.75) is 13.0 Å². The molecule has 7 heteroatoms. The van der Waals surface area contributed by atoms with Gasteiger partial charge in [-0.3, -0.25) is 5.10 Å². The molecule has 3 heterocycles. The third-order valence-electron chi connectivity index (χ3n) is 4.83. The summed E-state index contributed by atoms with van der Waals surface area (Å²) in [7, 11) is 2.04. The number of hydrazine groups is 1. The highest BCUT2D eigenvalue weighted by Crippen LogP contribution is 2.44. The number of rotatable bonds is 4. The molecule has 1 aromatic carbocycles. The normalized spacial score (nSPS) is 20.8. The Balaban J connectivity index is 1.71. The van der Waals surface area contributed by atoms with Crippen LogP contribution in [-0.4, -0.2) is 51.4 Å². The van der Waals surface area contributed by atoms with Crippen LogP contribution in [0.1, 0.15) is 18.5 Å². The molecule has 4 rings (SSSR count). The van der Waals surface area contributed by atoms with Crippen LogP contribution in [0.25, 0.3) is 11.3 Å². The molecule has 0 saturated heterocycles. The van der Waals surface area contributed by atoms with Crippen molar-refractivity contribution in [3.8, 4) is 11.3 Å². The lowest BCUT2D eigenvalue weighted by Gasteiger charge is -2.33. The van der Waals surface area contributed by atoms with Gasteiger partial charge in [0.2, 0.25) is 0 Å². The minimum absolute atomic E-state index is 0.0478. The van der Waals surface area contributed by atoms with E-state index >= 15 is 0 Å². The summed E-state index contributed by atoms with van der Waals surface area (Å²) < 4.78 is 0. The van der Waals surface area contributed by atoms with Gasteiger partial charge in [-0.1, -0.05) is 19.1 Å². The van der Waals surface area contributed by atoms with Crippen LogP contribution < -0.4 is 5.73 Å². The van der Waals surface area contributed by atoms with E-state index in [1.807, 2.05) is 32.3 Å². The number of nitrogens with two attached hydrogens (primary N) is 1. The smallest absolute Gasteiger partial charge is 0.130 e. The van der Waals surface area contributed by atoms with Crippen LogP contribution >= 0.6 is 0 Å². The monoisotopic (exact) mass is 338 g/mol. The maximum absolute atomic E-state index is 9.35. The molecule has 0 fully saturated rings. The summed E-state index contributed by atoms with van der Waals surface area (Å²) in [5, 5.41) is 20.7. The van der Waals surface area contributed by atoms with E-state index < -0.39 is 0 Å². The fraction of sp³-hybridized carbons (Fsp3) is 0.333. The minimum atomic E-state index is 0.0478. The molecule has 0 saturated carbocycles. The van der Waals surface area contributed by atoms with Crippen molar-refractivity contribution in [3.05, 3.63) is 47.8 Å². The van der Waals surface area contributed by atoms with Crippen molar-refractivity contribution >= 4 is 11.5 Å². The lowest BCUT2D eigenvalue weighted by Crippen LogP contribution is -2.38. The van der Waals surface area contributed by atoms with Gasteiger partial charge in [-0.2, -0.15) is 5.10 Å². The van der Waals surface area contributed by atoms with Gasteiger partial charge in [0, 0.05) is 49.3 Å². The first-order valence-electron chi connectivity index (χ1n) is 8.39. The van der Waals surface area contributed by atoms with E-state index in [-0.39, 0.29) is 18.6 Å². The van der Waals surface area contributed by atoms with Gasteiger partial charge in [-0.05, 0) is 18.1 Å². The molecule has 4 N–H and O–H groups in total. The molecular weight excluding hydrogens is 316 g/mol.